The molecule has 6 nitrogen and oxygen atoms in total. The van der Waals surface area contributed by atoms with Crippen molar-refractivity contribution in [2.24, 2.45) is 0 Å². The van der Waals surface area contributed by atoms with Crippen molar-refractivity contribution >= 4 is 32.3 Å². The molecule has 0 fully saturated rings. The van der Waals surface area contributed by atoms with Gasteiger partial charge in [-0.05, 0) is 54.6 Å². The molecule has 0 aliphatic rings. The Morgan fingerprint density at radius 2 is 1.65 bits per heavy atom. The van der Waals surface area contributed by atoms with E-state index in [0.717, 1.165) is 16.6 Å². The molecule has 0 radical (unpaired) electrons. The fraction of sp³-hybridized carbons (Fsp3) is 0. The second kappa shape index (κ2) is 6.20. The van der Waals surface area contributed by atoms with Crippen LogP contribution >= 0.6 is 0 Å². The van der Waals surface area contributed by atoms with Crippen molar-refractivity contribution in [3.8, 4) is 5.69 Å². The molecule has 0 saturated carbocycles. The molecule has 0 aliphatic carbocycles. The number of benzene rings is 3. The first kappa shape index (κ1) is 16.2. The van der Waals surface area contributed by atoms with Gasteiger partial charge in [-0.2, -0.15) is 5.10 Å². The van der Waals surface area contributed by atoms with Crippen molar-refractivity contribution < 1.29 is 8.42 Å². The first-order valence-electron chi connectivity index (χ1n) is 7.94. The second-order valence-electron chi connectivity index (χ2n) is 5.84. The zero-order valence-corrected chi connectivity index (χ0v) is 14.5. The number of sulfonamides is 1. The highest BCUT2D eigenvalue weighted by molar-refractivity contribution is 7.92. The summed E-state index contributed by atoms with van der Waals surface area (Å²) < 4.78 is 29.5. The number of nitrogen functional groups attached to an aromatic ring is 1. The van der Waals surface area contributed by atoms with E-state index in [4.69, 9.17) is 5.73 Å². The third-order valence-corrected chi connectivity index (χ3v) is 5.41. The monoisotopic (exact) mass is 364 g/mol. The summed E-state index contributed by atoms with van der Waals surface area (Å²) in [6.45, 7) is 0. The van der Waals surface area contributed by atoms with E-state index in [-0.39, 0.29) is 4.90 Å². The molecule has 26 heavy (non-hydrogen) atoms. The molecule has 0 amide bonds. The number of aromatic nitrogens is 2. The average molecular weight is 364 g/mol. The van der Waals surface area contributed by atoms with Crippen LogP contribution in [0.5, 0.6) is 0 Å². The summed E-state index contributed by atoms with van der Waals surface area (Å²) in [6, 6.07) is 21.1. The Labute approximate surface area is 150 Å². The lowest BCUT2D eigenvalue weighted by atomic mass is 10.2. The number of hydrogen-bond donors (Lipinski definition) is 2. The molecule has 4 aromatic rings. The van der Waals surface area contributed by atoms with Crippen LogP contribution in [-0.2, 0) is 10.0 Å². The SMILES string of the molecule is Nc1ccc(S(=O)(=O)Nc2ccc3cnn(-c4ccccc4)c3c2)cc1. The van der Waals surface area contributed by atoms with E-state index in [9.17, 15) is 8.42 Å². The largest absolute Gasteiger partial charge is 0.399 e. The third kappa shape index (κ3) is 3.00. The van der Waals surface area contributed by atoms with Crippen molar-refractivity contribution in [1.29, 1.82) is 0 Å². The highest BCUT2D eigenvalue weighted by Gasteiger charge is 2.15. The normalized spacial score (nSPS) is 11.5. The van der Waals surface area contributed by atoms with E-state index in [1.54, 1.807) is 35.1 Å². The number of nitrogens with two attached hydrogens (primary N) is 1. The Bertz CT molecular complexity index is 1170. The lowest BCUT2D eigenvalue weighted by Crippen LogP contribution is -2.13. The van der Waals surface area contributed by atoms with Gasteiger partial charge >= 0.3 is 0 Å². The van der Waals surface area contributed by atoms with Gasteiger partial charge in [0, 0.05) is 11.1 Å². The fourth-order valence-corrected chi connectivity index (χ4v) is 3.77. The van der Waals surface area contributed by atoms with Gasteiger partial charge in [-0.15, -0.1) is 0 Å². The van der Waals surface area contributed by atoms with Crippen LogP contribution in [-0.4, -0.2) is 18.2 Å². The molecule has 0 saturated heterocycles. The van der Waals surface area contributed by atoms with E-state index in [2.05, 4.69) is 9.82 Å². The summed E-state index contributed by atoms with van der Waals surface area (Å²) in [5.41, 5.74) is 8.31. The Balaban J connectivity index is 1.72. The molecule has 3 N–H and O–H groups in total. The van der Waals surface area contributed by atoms with Crippen LogP contribution < -0.4 is 10.5 Å². The molecule has 130 valence electrons. The lowest BCUT2D eigenvalue weighted by molar-refractivity contribution is 0.601. The molecule has 0 aliphatic heterocycles. The van der Waals surface area contributed by atoms with Crippen LogP contribution in [0, 0.1) is 0 Å². The minimum Gasteiger partial charge on any atom is -0.399 e. The highest BCUT2D eigenvalue weighted by Crippen LogP contribution is 2.24. The maximum atomic E-state index is 12.6. The fourth-order valence-electron chi connectivity index (χ4n) is 2.72. The summed E-state index contributed by atoms with van der Waals surface area (Å²) in [4.78, 5) is 0.156. The minimum atomic E-state index is -3.69. The highest BCUT2D eigenvalue weighted by atomic mass is 32.2. The summed E-state index contributed by atoms with van der Waals surface area (Å²) in [5.74, 6) is 0. The molecule has 0 spiro atoms. The van der Waals surface area contributed by atoms with Crippen molar-refractivity contribution in [2.45, 2.75) is 4.90 Å². The van der Waals surface area contributed by atoms with Crippen LogP contribution in [0.3, 0.4) is 0 Å². The van der Waals surface area contributed by atoms with Gasteiger partial charge in [0.25, 0.3) is 10.0 Å². The molecule has 3 aromatic carbocycles. The average Bonchev–Trinajstić information content (AvgIpc) is 3.06. The predicted octanol–water partition coefficient (Wildman–Crippen LogP) is 3.41. The van der Waals surface area contributed by atoms with Gasteiger partial charge in [0.1, 0.15) is 0 Å². The third-order valence-electron chi connectivity index (χ3n) is 4.01. The molecule has 0 atom stereocenters. The van der Waals surface area contributed by atoms with E-state index in [1.807, 2.05) is 36.4 Å². The number of nitrogens with one attached hydrogen (secondary N) is 1. The summed E-state index contributed by atoms with van der Waals surface area (Å²) >= 11 is 0. The predicted molar refractivity (Wildman–Crippen MR) is 103 cm³/mol. The maximum Gasteiger partial charge on any atom is 0.261 e. The number of anilines is 2. The van der Waals surface area contributed by atoms with E-state index in [1.165, 1.54) is 12.1 Å². The van der Waals surface area contributed by atoms with Gasteiger partial charge in [0.15, 0.2) is 0 Å². The Kier molecular flexibility index (Phi) is 3.85. The lowest BCUT2D eigenvalue weighted by Gasteiger charge is -2.09. The smallest absolute Gasteiger partial charge is 0.261 e. The van der Waals surface area contributed by atoms with Gasteiger partial charge in [0.2, 0.25) is 0 Å². The molecule has 1 heterocycles. The summed E-state index contributed by atoms with van der Waals surface area (Å²) in [6.07, 6.45) is 1.75. The Hall–Kier alpha value is -3.32. The first-order chi connectivity index (χ1) is 12.5. The van der Waals surface area contributed by atoms with Crippen LogP contribution in [0.25, 0.3) is 16.6 Å². The van der Waals surface area contributed by atoms with E-state index in [0.29, 0.717) is 11.4 Å². The molecule has 7 heteroatoms. The van der Waals surface area contributed by atoms with Crippen molar-refractivity contribution in [2.75, 3.05) is 10.5 Å². The van der Waals surface area contributed by atoms with Crippen molar-refractivity contribution in [3.63, 3.8) is 0 Å². The van der Waals surface area contributed by atoms with E-state index < -0.39 is 10.0 Å². The van der Waals surface area contributed by atoms with Crippen LogP contribution in [0.4, 0.5) is 11.4 Å². The number of hydrogen-bond acceptors (Lipinski definition) is 4. The number of para-hydroxylation sites is 1. The van der Waals surface area contributed by atoms with Crippen LogP contribution in [0.2, 0.25) is 0 Å². The Morgan fingerprint density at radius 1 is 0.923 bits per heavy atom. The van der Waals surface area contributed by atoms with Crippen molar-refractivity contribution in [1.82, 2.24) is 9.78 Å². The van der Waals surface area contributed by atoms with Gasteiger partial charge in [-0.25, -0.2) is 13.1 Å². The van der Waals surface area contributed by atoms with E-state index >= 15 is 0 Å². The molecule has 0 unspecified atom stereocenters. The molecule has 0 bridgehead atoms. The van der Waals surface area contributed by atoms with Gasteiger partial charge in [-0.1, -0.05) is 18.2 Å². The molecular weight excluding hydrogens is 348 g/mol. The molecule has 1 aromatic heterocycles. The second-order valence-corrected chi connectivity index (χ2v) is 7.52. The molecular formula is C19H16N4O2S. The van der Waals surface area contributed by atoms with Crippen LogP contribution in [0.1, 0.15) is 0 Å². The maximum absolute atomic E-state index is 12.6. The zero-order valence-electron chi connectivity index (χ0n) is 13.7. The summed E-state index contributed by atoms with van der Waals surface area (Å²) in [7, 11) is -3.69. The number of rotatable bonds is 4. The number of nitrogens with zero attached hydrogens (tertiary/aromatic N) is 2. The zero-order chi connectivity index (χ0) is 18.1. The quantitative estimate of drug-likeness (QED) is 0.543. The standard InChI is InChI=1S/C19H16N4O2S/c20-15-7-10-18(11-8-15)26(24,25)22-16-9-6-14-13-21-23(19(14)12-16)17-4-2-1-3-5-17/h1-13,22H,20H2. The topological polar surface area (TPSA) is 90.0 Å². The minimum absolute atomic E-state index is 0.156. The van der Waals surface area contributed by atoms with Crippen LogP contribution in [0.15, 0.2) is 83.9 Å². The molecule has 4 rings (SSSR count). The van der Waals surface area contributed by atoms with Gasteiger partial charge in [0.05, 0.1) is 28.0 Å². The van der Waals surface area contributed by atoms with Gasteiger partial charge in [-0.3, -0.25) is 4.72 Å². The summed E-state index contributed by atoms with van der Waals surface area (Å²) in [5, 5.41) is 5.32. The number of fused-ring (bicyclic) bond motifs is 1. The van der Waals surface area contributed by atoms with Gasteiger partial charge < -0.3 is 5.73 Å². The Morgan fingerprint density at radius 3 is 2.38 bits per heavy atom. The van der Waals surface area contributed by atoms with Crippen molar-refractivity contribution in [3.05, 3.63) is 79.0 Å². The first-order valence-corrected chi connectivity index (χ1v) is 9.43.